The Morgan fingerprint density at radius 1 is 1.52 bits per heavy atom. The SMILES string of the molecule is CS[C@@H](C)CC(=O)N1CC[C@@H](N(C)Cc2ncccn2)C1. The van der Waals surface area contributed by atoms with Crippen LogP contribution in [0.25, 0.3) is 0 Å². The highest BCUT2D eigenvalue weighted by Gasteiger charge is 2.29. The third kappa shape index (κ3) is 4.68. The van der Waals surface area contributed by atoms with Crippen LogP contribution < -0.4 is 0 Å². The Kier molecular flexibility index (Phi) is 5.99. The molecule has 1 aliphatic heterocycles. The fourth-order valence-electron chi connectivity index (χ4n) is 2.55. The van der Waals surface area contributed by atoms with Gasteiger partial charge in [0, 0.05) is 43.2 Å². The summed E-state index contributed by atoms with van der Waals surface area (Å²) in [4.78, 5) is 25.0. The number of likely N-dealkylation sites (tertiary alicyclic amines) is 1. The van der Waals surface area contributed by atoms with Gasteiger partial charge in [0.2, 0.25) is 5.91 Å². The Hall–Kier alpha value is -1.14. The predicted octanol–water partition coefficient (Wildman–Crippen LogP) is 1.65. The number of hydrogen-bond donors (Lipinski definition) is 0. The summed E-state index contributed by atoms with van der Waals surface area (Å²) in [7, 11) is 2.08. The molecular formula is C15H24N4OS. The van der Waals surface area contributed by atoms with Crippen molar-refractivity contribution < 1.29 is 4.79 Å². The fourth-order valence-corrected chi connectivity index (χ4v) is 2.86. The molecule has 0 radical (unpaired) electrons. The topological polar surface area (TPSA) is 49.3 Å². The quantitative estimate of drug-likeness (QED) is 0.800. The van der Waals surface area contributed by atoms with Crippen molar-refractivity contribution in [2.45, 2.75) is 37.6 Å². The lowest BCUT2D eigenvalue weighted by Gasteiger charge is -2.24. The summed E-state index contributed by atoms with van der Waals surface area (Å²) >= 11 is 1.75. The van der Waals surface area contributed by atoms with E-state index in [1.807, 2.05) is 11.0 Å². The van der Waals surface area contributed by atoms with E-state index >= 15 is 0 Å². The third-order valence-electron chi connectivity index (χ3n) is 4.01. The summed E-state index contributed by atoms with van der Waals surface area (Å²) < 4.78 is 0. The average Bonchev–Trinajstić information content (AvgIpc) is 2.98. The molecule has 2 atom stereocenters. The van der Waals surface area contributed by atoms with Crippen LogP contribution in [0, 0.1) is 0 Å². The average molecular weight is 308 g/mol. The van der Waals surface area contributed by atoms with Gasteiger partial charge in [0.05, 0.1) is 6.54 Å². The van der Waals surface area contributed by atoms with Gasteiger partial charge in [-0.15, -0.1) is 0 Å². The number of nitrogens with zero attached hydrogens (tertiary/aromatic N) is 4. The highest BCUT2D eigenvalue weighted by Crippen LogP contribution is 2.19. The lowest BCUT2D eigenvalue weighted by molar-refractivity contribution is -0.130. The van der Waals surface area contributed by atoms with Crippen LogP contribution in [0.4, 0.5) is 0 Å². The minimum absolute atomic E-state index is 0.281. The first-order chi connectivity index (χ1) is 10.1. The standard InChI is InChI=1S/C15H24N4OS/c1-12(21-3)9-15(20)19-8-5-13(10-19)18(2)11-14-16-6-4-7-17-14/h4,6-7,12-13H,5,8-11H2,1-3H3/t12-,13+/m0/s1. The van der Waals surface area contributed by atoms with Crippen molar-refractivity contribution in [1.82, 2.24) is 19.8 Å². The van der Waals surface area contributed by atoms with E-state index in [0.717, 1.165) is 31.9 Å². The van der Waals surface area contributed by atoms with Crippen LogP contribution in [0.2, 0.25) is 0 Å². The molecule has 6 heteroatoms. The van der Waals surface area contributed by atoms with Gasteiger partial charge in [-0.1, -0.05) is 6.92 Å². The molecule has 0 N–H and O–H groups in total. The van der Waals surface area contributed by atoms with Gasteiger partial charge in [0.15, 0.2) is 0 Å². The molecule has 0 aliphatic carbocycles. The van der Waals surface area contributed by atoms with Crippen molar-refractivity contribution in [3.63, 3.8) is 0 Å². The number of thioether (sulfide) groups is 1. The van der Waals surface area contributed by atoms with Gasteiger partial charge in [0.1, 0.15) is 5.82 Å². The van der Waals surface area contributed by atoms with Gasteiger partial charge in [-0.05, 0) is 25.8 Å². The van der Waals surface area contributed by atoms with Crippen LogP contribution in [0.15, 0.2) is 18.5 Å². The minimum atomic E-state index is 0.281. The van der Waals surface area contributed by atoms with E-state index < -0.39 is 0 Å². The highest BCUT2D eigenvalue weighted by molar-refractivity contribution is 7.99. The van der Waals surface area contributed by atoms with Crippen LogP contribution >= 0.6 is 11.8 Å². The molecule has 1 fully saturated rings. The van der Waals surface area contributed by atoms with Gasteiger partial charge in [0.25, 0.3) is 0 Å². The predicted molar refractivity (Wildman–Crippen MR) is 86.1 cm³/mol. The van der Waals surface area contributed by atoms with Gasteiger partial charge < -0.3 is 4.90 Å². The Bertz CT molecular complexity index is 456. The van der Waals surface area contributed by atoms with Crippen LogP contribution in [-0.4, -0.2) is 63.4 Å². The number of aromatic nitrogens is 2. The summed E-state index contributed by atoms with van der Waals surface area (Å²) in [5, 5.41) is 0.395. The molecule has 1 aliphatic rings. The second-order valence-electron chi connectivity index (χ2n) is 5.61. The molecule has 1 amide bonds. The molecular weight excluding hydrogens is 284 g/mol. The van der Waals surface area contributed by atoms with E-state index in [1.54, 1.807) is 24.2 Å². The smallest absolute Gasteiger partial charge is 0.223 e. The number of hydrogen-bond acceptors (Lipinski definition) is 5. The number of likely N-dealkylation sites (N-methyl/N-ethyl adjacent to an activating group) is 1. The van der Waals surface area contributed by atoms with Crippen molar-refractivity contribution in [3.05, 3.63) is 24.3 Å². The molecule has 2 rings (SSSR count). The van der Waals surface area contributed by atoms with Crippen molar-refractivity contribution in [3.8, 4) is 0 Å². The summed E-state index contributed by atoms with van der Waals surface area (Å²) in [6.45, 7) is 4.53. The van der Waals surface area contributed by atoms with Gasteiger partial charge in [-0.25, -0.2) is 9.97 Å². The van der Waals surface area contributed by atoms with Crippen LogP contribution in [0.3, 0.4) is 0 Å². The largest absolute Gasteiger partial charge is 0.341 e. The Labute approximate surface area is 131 Å². The number of amides is 1. The number of carbonyl (C=O) groups excluding carboxylic acids is 1. The second-order valence-corrected chi connectivity index (χ2v) is 6.89. The normalized spacial score (nSPS) is 20.0. The Morgan fingerprint density at radius 2 is 2.24 bits per heavy atom. The van der Waals surface area contributed by atoms with E-state index in [1.165, 1.54) is 0 Å². The molecule has 0 bridgehead atoms. The third-order valence-corrected chi connectivity index (χ3v) is 4.99. The zero-order chi connectivity index (χ0) is 15.2. The van der Waals surface area contributed by atoms with E-state index in [9.17, 15) is 4.79 Å². The summed E-state index contributed by atoms with van der Waals surface area (Å²) in [5.74, 6) is 1.12. The molecule has 0 unspecified atom stereocenters. The molecule has 0 spiro atoms. The van der Waals surface area contributed by atoms with E-state index in [0.29, 0.717) is 17.7 Å². The number of carbonyl (C=O) groups is 1. The molecule has 21 heavy (non-hydrogen) atoms. The van der Waals surface area contributed by atoms with Crippen molar-refractivity contribution in [1.29, 1.82) is 0 Å². The lowest BCUT2D eigenvalue weighted by Crippen LogP contribution is -2.37. The van der Waals surface area contributed by atoms with E-state index in [4.69, 9.17) is 0 Å². The molecule has 0 aromatic carbocycles. The Balaban J connectivity index is 1.83. The molecule has 5 nitrogen and oxygen atoms in total. The first-order valence-electron chi connectivity index (χ1n) is 7.37. The zero-order valence-corrected chi connectivity index (χ0v) is 13.8. The monoisotopic (exact) mass is 308 g/mol. The first-order valence-corrected chi connectivity index (χ1v) is 8.65. The van der Waals surface area contributed by atoms with Crippen molar-refractivity contribution >= 4 is 17.7 Å². The molecule has 0 saturated carbocycles. The highest BCUT2D eigenvalue weighted by atomic mass is 32.2. The summed E-state index contributed by atoms with van der Waals surface area (Å²) in [5.41, 5.74) is 0. The second kappa shape index (κ2) is 7.75. The molecule has 116 valence electrons. The molecule has 1 aromatic heterocycles. The summed E-state index contributed by atoms with van der Waals surface area (Å²) in [6.07, 6.45) is 7.26. The van der Waals surface area contributed by atoms with Crippen LogP contribution in [-0.2, 0) is 11.3 Å². The van der Waals surface area contributed by atoms with Gasteiger partial charge in [-0.2, -0.15) is 11.8 Å². The number of rotatable bonds is 6. The van der Waals surface area contributed by atoms with Crippen molar-refractivity contribution in [2.24, 2.45) is 0 Å². The maximum Gasteiger partial charge on any atom is 0.223 e. The maximum absolute atomic E-state index is 12.2. The molecule has 1 aromatic rings. The molecule has 1 saturated heterocycles. The minimum Gasteiger partial charge on any atom is -0.341 e. The van der Waals surface area contributed by atoms with Crippen molar-refractivity contribution in [2.75, 3.05) is 26.4 Å². The van der Waals surface area contributed by atoms with Gasteiger partial charge in [-0.3, -0.25) is 9.69 Å². The zero-order valence-electron chi connectivity index (χ0n) is 13.0. The maximum atomic E-state index is 12.2. The van der Waals surface area contributed by atoms with Crippen LogP contribution in [0.5, 0.6) is 0 Å². The van der Waals surface area contributed by atoms with Crippen LogP contribution in [0.1, 0.15) is 25.6 Å². The summed E-state index contributed by atoms with van der Waals surface area (Å²) in [6, 6.07) is 2.23. The Morgan fingerprint density at radius 3 is 2.90 bits per heavy atom. The fraction of sp³-hybridized carbons (Fsp3) is 0.667. The lowest BCUT2D eigenvalue weighted by atomic mass is 10.2. The first kappa shape index (κ1) is 16.2. The molecule has 2 heterocycles. The van der Waals surface area contributed by atoms with E-state index in [-0.39, 0.29) is 5.91 Å². The van der Waals surface area contributed by atoms with Gasteiger partial charge >= 0.3 is 0 Å². The van der Waals surface area contributed by atoms with E-state index in [2.05, 4.69) is 35.1 Å².